The Bertz CT molecular complexity index is 2720. The van der Waals surface area contributed by atoms with Gasteiger partial charge in [0.1, 0.15) is 48.7 Å². The number of nitrogens with two attached hydrogens (primary N) is 2. The van der Waals surface area contributed by atoms with Crippen molar-refractivity contribution in [2.75, 3.05) is 28.4 Å². The number of hydrogen-bond acceptors (Lipinski definition) is 10. The van der Waals surface area contributed by atoms with Crippen molar-refractivity contribution in [2.24, 2.45) is 5.73 Å². The van der Waals surface area contributed by atoms with E-state index in [1.54, 1.807) is 47.2 Å². The lowest BCUT2D eigenvalue weighted by molar-refractivity contribution is -0.686. The maximum Gasteiger partial charge on any atom is 0.153 e. The third-order valence-electron chi connectivity index (χ3n) is 10.4. The number of methoxy groups -OCH3 is 4. The molecule has 0 spiro atoms. The van der Waals surface area contributed by atoms with Crippen LogP contribution in [0.15, 0.2) is 170 Å². The summed E-state index contributed by atoms with van der Waals surface area (Å²) in [7, 11) is 6.58. The van der Waals surface area contributed by atoms with Crippen LogP contribution >= 0.6 is 0 Å². The average molecular weight is 904 g/mol. The van der Waals surface area contributed by atoms with Gasteiger partial charge in [-0.2, -0.15) is 0 Å². The Kier molecular flexibility index (Phi) is 19.8. The van der Waals surface area contributed by atoms with Crippen LogP contribution in [0.3, 0.4) is 0 Å². The standard InChI is InChI=1S/C27H27N3O2.C20H18N2O3.C7H9N.ClH/c1-31-26-13-12-21(14-22(26)18-28-17-20-8-4-3-5-9-20)15-23-16-25(30-19-29-23)24-10-6-7-11-27(24)32-2;1-24-19-8-7-14(9-15(19)12-23)10-16-11-18(22-13-21-16)17-5-3-4-6-20(17)25-2;8-6-7-4-2-1-3-5-7;/h3-14,16,19,28H,15,17-18H2,1-2H3;3-9,11-13H,10H2,1-2H3;1-5H,6,8H2;1H. The lowest BCUT2D eigenvalue weighted by Crippen LogP contribution is -3.00. The van der Waals surface area contributed by atoms with E-state index < -0.39 is 0 Å². The van der Waals surface area contributed by atoms with Gasteiger partial charge in [0.25, 0.3) is 0 Å². The SMILES string of the molecule is COc1ccc(Cc2cc(-c3ccccc3OC)ncn2)cc1C=O.COc1ccc(Cc2cc(-c3ccccc3OC)ncn2)cc1C[NH2+]Cc1ccccc1.NCc1ccccc1.[Cl-]. The fourth-order valence-corrected chi connectivity index (χ4v) is 7.12. The predicted octanol–water partition coefficient (Wildman–Crippen LogP) is 5.73. The normalized spacial score (nSPS) is 10.2. The summed E-state index contributed by atoms with van der Waals surface area (Å²) in [6.45, 7) is 2.42. The third-order valence-corrected chi connectivity index (χ3v) is 10.4. The van der Waals surface area contributed by atoms with E-state index in [9.17, 15) is 4.79 Å². The molecule has 11 nitrogen and oxygen atoms in total. The Morgan fingerprint density at radius 2 is 0.955 bits per heavy atom. The number of ether oxygens (including phenoxy) is 4. The summed E-state index contributed by atoms with van der Waals surface area (Å²) in [6, 6.07) is 52.0. The number of halogens is 1. The predicted molar refractivity (Wildman–Crippen MR) is 255 cm³/mol. The first kappa shape index (κ1) is 49.6. The third kappa shape index (κ3) is 14.3. The second kappa shape index (κ2) is 26.4. The summed E-state index contributed by atoms with van der Waals surface area (Å²) in [5.41, 5.74) is 17.1. The highest BCUT2D eigenvalue weighted by Crippen LogP contribution is 2.30. The molecule has 0 amide bonds. The van der Waals surface area contributed by atoms with Gasteiger partial charge in [-0.25, -0.2) is 19.9 Å². The fraction of sp³-hybridized carbons (Fsp3) is 0.167. The molecule has 0 saturated carbocycles. The minimum Gasteiger partial charge on any atom is -1.00 e. The molecule has 0 atom stereocenters. The van der Waals surface area contributed by atoms with E-state index in [-0.39, 0.29) is 12.4 Å². The van der Waals surface area contributed by atoms with E-state index in [0.717, 1.165) is 82.5 Å². The van der Waals surface area contributed by atoms with Gasteiger partial charge in [0.15, 0.2) is 6.29 Å². The highest BCUT2D eigenvalue weighted by molar-refractivity contribution is 5.79. The molecule has 0 aliphatic rings. The number of hydrogen-bond donors (Lipinski definition) is 2. The van der Waals surface area contributed by atoms with Gasteiger partial charge in [0, 0.05) is 53.0 Å². The minimum absolute atomic E-state index is 0. The van der Waals surface area contributed by atoms with Gasteiger partial charge in [-0.1, -0.05) is 97.1 Å². The second-order valence-corrected chi connectivity index (χ2v) is 14.8. The molecule has 2 heterocycles. The molecule has 0 fully saturated rings. The van der Waals surface area contributed by atoms with Crippen molar-refractivity contribution in [1.82, 2.24) is 19.9 Å². The lowest BCUT2D eigenvalue weighted by Gasteiger charge is -2.11. The number of para-hydroxylation sites is 2. The molecule has 0 bridgehead atoms. The van der Waals surface area contributed by atoms with Crippen LogP contribution in [0, 0.1) is 0 Å². The van der Waals surface area contributed by atoms with E-state index in [0.29, 0.717) is 24.3 Å². The number of nitrogens with zero attached hydrogens (tertiary/aromatic N) is 4. The highest BCUT2D eigenvalue weighted by atomic mass is 35.5. The molecule has 8 aromatic rings. The summed E-state index contributed by atoms with van der Waals surface area (Å²) in [6.07, 6.45) is 5.27. The van der Waals surface area contributed by atoms with Crippen LogP contribution in [0.4, 0.5) is 0 Å². The minimum atomic E-state index is 0. The zero-order valence-electron chi connectivity index (χ0n) is 37.6. The fourth-order valence-electron chi connectivity index (χ4n) is 7.12. The molecule has 66 heavy (non-hydrogen) atoms. The Morgan fingerprint density at radius 3 is 1.44 bits per heavy atom. The quantitative estimate of drug-likeness (QED) is 0.115. The van der Waals surface area contributed by atoms with Crippen LogP contribution in [0.2, 0.25) is 0 Å². The molecule has 2 aromatic heterocycles. The molecule has 8 rings (SSSR count). The molecule has 12 heteroatoms. The molecule has 6 aromatic carbocycles. The van der Waals surface area contributed by atoms with Crippen molar-refractivity contribution < 1.29 is 41.5 Å². The number of benzene rings is 6. The number of aromatic nitrogens is 4. The summed E-state index contributed by atoms with van der Waals surface area (Å²) in [5.74, 6) is 3.05. The van der Waals surface area contributed by atoms with E-state index in [2.05, 4.69) is 61.7 Å². The Labute approximate surface area is 393 Å². The van der Waals surface area contributed by atoms with Gasteiger partial charge in [-0.05, 0) is 77.4 Å². The summed E-state index contributed by atoms with van der Waals surface area (Å²) in [5, 5.41) is 2.29. The van der Waals surface area contributed by atoms with Crippen molar-refractivity contribution in [3.63, 3.8) is 0 Å². The van der Waals surface area contributed by atoms with Gasteiger partial charge < -0.3 is 42.4 Å². The van der Waals surface area contributed by atoms with Gasteiger partial charge >= 0.3 is 0 Å². The number of aldehydes is 1. The van der Waals surface area contributed by atoms with Crippen LogP contribution < -0.4 is 42.4 Å². The van der Waals surface area contributed by atoms with Gasteiger partial charge in [0.05, 0.1) is 45.4 Å². The molecule has 0 aliphatic carbocycles. The van der Waals surface area contributed by atoms with Crippen molar-refractivity contribution in [1.29, 1.82) is 0 Å². The highest BCUT2D eigenvalue weighted by Gasteiger charge is 2.12. The molecule has 0 unspecified atom stereocenters. The topological polar surface area (TPSA) is 148 Å². The van der Waals surface area contributed by atoms with Crippen LogP contribution in [-0.4, -0.2) is 54.7 Å². The number of carbonyl (C=O) groups is 1. The van der Waals surface area contributed by atoms with Gasteiger partial charge in [-0.3, -0.25) is 4.79 Å². The monoisotopic (exact) mass is 902 g/mol. The van der Waals surface area contributed by atoms with Crippen LogP contribution in [0.5, 0.6) is 23.0 Å². The summed E-state index contributed by atoms with van der Waals surface area (Å²) < 4.78 is 21.7. The van der Waals surface area contributed by atoms with Gasteiger partial charge in [-0.15, -0.1) is 0 Å². The maximum absolute atomic E-state index is 11.2. The smallest absolute Gasteiger partial charge is 0.153 e. The first-order valence-electron chi connectivity index (χ1n) is 21.2. The number of quaternary nitrogens is 1. The largest absolute Gasteiger partial charge is 1.00 e. The van der Waals surface area contributed by atoms with E-state index in [4.69, 9.17) is 24.7 Å². The molecular weight excluding hydrogens is 848 g/mol. The van der Waals surface area contributed by atoms with Crippen LogP contribution in [-0.2, 0) is 32.5 Å². The zero-order valence-corrected chi connectivity index (χ0v) is 38.4. The lowest BCUT2D eigenvalue weighted by atomic mass is 10.0. The first-order chi connectivity index (χ1) is 31.9. The zero-order chi connectivity index (χ0) is 45.6. The summed E-state index contributed by atoms with van der Waals surface area (Å²) in [4.78, 5) is 28.8. The summed E-state index contributed by atoms with van der Waals surface area (Å²) >= 11 is 0. The van der Waals surface area contributed by atoms with Crippen molar-refractivity contribution in [3.8, 4) is 45.5 Å². The van der Waals surface area contributed by atoms with Crippen LogP contribution in [0.1, 0.15) is 49.6 Å². The Morgan fingerprint density at radius 1 is 0.485 bits per heavy atom. The Balaban J connectivity index is 0.000000213. The van der Waals surface area contributed by atoms with Crippen molar-refractivity contribution in [2.45, 2.75) is 32.5 Å². The first-order valence-corrected chi connectivity index (χ1v) is 21.2. The van der Waals surface area contributed by atoms with Crippen molar-refractivity contribution >= 4 is 6.29 Å². The molecule has 338 valence electrons. The second-order valence-electron chi connectivity index (χ2n) is 14.8. The average Bonchev–Trinajstić information content (AvgIpc) is 3.37. The molecular formula is C54H55ClN6O5. The number of rotatable bonds is 16. The van der Waals surface area contributed by atoms with Gasteiger partial charge in [0.2, 0.25) is 0 Å². The Hall–Kier alpha value is -7.44. The van der Waals surface area contributed by atoms with Crippen LogP contribution in [0.25, 0.3) is 22.5 Å². The van der Waals surface area contributed by atoms with E-state index in [1.165, 1.54) is 22.3 Å². The van der Waals surface area contributed by atoms with Crippen molar-refractivity contribution in [3.05, 3.63) is 215 Å². The molecule has 4 N–H and O–H groups in total. The van der Waals surface area contributed by atoms with E-state index >= 15 is 0 Å². The molecule has 0 aliphatic heterocycles. The number of carbonyl (C=O) groups excluding carboxylic acids is 1. The molecule has 0 saturated heterocycles. The molecule has 0 radical (unpaired) electrons. The van der Waals surface area contributed by atoms with E-state index in [1.807, 2.05) is 115 Å². The maximum atomic E-state index is 11.2.